The van der Waals surface area contributed by atoms with Gasteiger partial charge in [0.15, 0.2) is 0 Å². The van der Waals surface area contributed by atoms with Crippen LogP contribution < -0.4 is 9.47 Å². The molecule has 1 aliphatic rings. The zero-order chi connectivity index (χ0) is 15.0. The van der Waals surface area contributed by atoms with Gasteiger partial charge in [-0.2, -0.15) is 0 Å². The number of aryl methyl sites for hydroxylation is 1. The minimum atomic E-state index is -0.685. The zero-order valence-corrected chi connectivity index (χ0v) is 12.0. The van der Waals surface area contributed by atoms with Crippen LogP contribution >= 0.6 is 0 Å². The van der Waals surface area contributed by atoms with Crippen LogP contribution in [0.2, 0.25) is 0 Å². The van der Waals surface area contributed by atoms with E-state index < -0.39 is 12.2 Å². The largest absolute Gasteiger partial charge is 0.508 e. The molecule has 2 atom stereocenters. The molecule has 21 heavy (non-hydrogen) atoms. The summed E-state index contributed by atoms with van der Waals surface area (Å²) < 4.78 is 11.3. The number of phenols is 1. The molecule has 2 aromatic carbocycles. The summed E-state index contributed by atoms with van der Waals surface area (Å²) in [5, 5.41) is 20.1. The molecule has 4 nitrogen and oxygen atoms in total. The first-order valence-electron chi connectivity index (χ1n) is 6.89. The van der Waals surface area contributed by atoms with Gasteiger partial charge in [-0.1, -0.05) is 12.1 Å². The van der Waals surface area contributed by atoms with Crippen LogP contribution in [0, 0.1) is 6.92 Å². The molecule has 0 aliphatic carbocycles. The lowest BCUT2D eigenvalue weighted by atomic mass is 9.93. The zero-order valence-electron chi connectivity index (χ0n) is 12.0. The van der Waals surface area contributed by atoms with Gasteiger partial charge in [0, 0.05) is 12.0 Å². The molecule has 2 aromatic rings. The third-order valence-corrected chi connectivity index (χ3v) is 3.74. The number of methoxy groups -OCH3 is 1. The predicted molar refractivity (Wildman–Crippen MR) is 78.9 cm³/mol. The molecular formula is C17H18O4. The summed E-state index contributed by atoms with van der Waals surface area (Å²) in [6.45, 7) is 1.90. The van der Waals surface area contributed by atoms with Gasteiger partial charge in [-0.05, 0) is 42.3 Å². The maximum absolute atomic E-state index is 10.4. The molecular weight excluding hydrogens is 268 g/mol. The van der Waals surface area contributed by atoms with Crippen LogP contribution in [0.3, 0.4) is 0 Å². The molecule has 0 bridgehead atoms. The highest BCUT2D eigenvalue weighted by Crippen LogP contribution is 2.40. The molecule has 2 unspecified atom stereocenters. The van der Waals surface area contributed by atoms with Gasteiger partial charge in [-0.3, -0.25) is 0 Å². The number of hydrogen-bond donors (Lipinski definition) is 2. The Morgan fingerprint density at radius 3 is 2.76 bits per heavy atom. The van der Waals surface area contributed by atoms with Crippen molar-refractivity contribution in [2.75, 3.05) is 7.11 Å². The highest BCUT2D eigenvalue weighted by Gasteiger charge is 2.31. The Balaban J connectivity index is 1.99. The van der Waals surface area contributed by atoms with E-state index >= 15 is 0 Å². The fourth-order valence-electron chi connectivity index (χ4n) is 2.83. The standard InChI is InChI=1S/C17H18O4/c1-10-6-11(8-12(18)7-10)17-14(19)9-13-15(20-2)4-3-5-16(13)21-17/h3-8,14,17-19H,9H2,1-2H3. The van der Waals surface area contributed by atoms with Gasteiger partial charge in [0.25, 0.3) is 0 Å². The van der Waals surface area contributed by atoms with Gasteiger partial charge in [0.2, 0.25) is 0 Å². The van der Waals surface area contributed by atoms with Gasteiger partial charge in [-0.15, -0.1) is 0 Å². The summed E-state index contributed by atoms with van der Waals surface area (Å²) in [5.74, 6) is 1.61. The fraction of sp³-hybridized carbons (Fsp3) is 0.294. The average molecular weight is 286 g/mol. The third kappa shape index (κ3) is 2.54. The second kappa shape index (κ2) is 5.30. The third-order valence-electron chi connectivity index (χ3n) is 3.74. The molecule has 0 fully saturated rings. The number of rotatable bonds is 2. The van der Waals surface area contributed by atoms with Crippen LogP contribution in [0.15, 0.2) is 36.4 Å². The molecule has 0 spiro atoms. The number of ether oxygens (including phenoxy) is 2. The molecule has 1 aliphatic heterocycles. The molecule has 2 N–H and O–H groups in total. The molecule has 110 valence electrons. The van der Waals surface area contributed by atoms with E-state index in [2.05, 4.69) is 0 Å². The summed E-state index contributed by atoms with van der Waals surface area (Å²) >= 11 is 0. The molecule has 0 saturated carbocycles. The summed E-state index contributed by atoms with van der Waals surface area (Å²) in [6, 6.07) is 10.8. The summed E-state index contributed by atoms with van der Waals surface area (Å²) in [6.07, 6.45) is -0.718. The van der Waals surface area contributed by atoms with E-state index in [0.717, 1.165) is 22.4 Å². The van der Waals surface area contributed by atoms with Crippen LogP contribution in [-0.2, 0) is 6.42 Å². The number of aromatic hydroxyl groups is 1. The van der Waals surface area contributed by atoms with Crippen molar-refractivity contribution in [1.82, 2.24) is 0 Å². The van der Waals surface area contributed by atoms with Crippen LogP contribution in [0.25, 0.3) is 0 Å². The van der Waals surface area contributed by atoms with Crippen molar-refractivity contribution in [2.24, 2.45) is 0 Å². The average Bonchev–Trinajstić information content (AvgIpc) is 2.45. The topological polar surface area (TPSA) is 58.9 Å². The molecule has 0 amide bonds. The normalized spacial score (nSPS) is 20.5. The maximum Gasteiger partial charge on any atom is 0.150 e. The monoisotopic (exact) mass is 286 g/mol. The lowest BCUT2D eigenvalue weighted by Gasteiger charge is -2.31. The van der Waals surface area contributed by atoms with Gasteiger partial charge < -0.3 is 19.7 Å². The van der Waals surface area contributed by atoms with Crippen molar-refractivity contribution in [2.45, 2.75) is 25.6 Å². The Morgan fingerprint density at radius 1 is 1.24 bits per heavy atom. The number of aliphatic hydroxyl groups excluding tert-OH is 1. The van der Waals surface area contributed by atoms with Gasteiger partial charge in [0.05, 0.1) is 13.2 Å². The van der Waals surface area contributed by atoms with Crippen LogP contribution in [-0.4, -0.2) is 23.4 Å². The Hall–Kier alpha value is -2.20. The van der Waals surface area contributed by atoms with E-state index in [-0.39, 0.29) is 5.75 Å². The molecule has 1 heterocycles. The lowest BCUT2D eigenvalue weighted by molar-refractivity contribution is 0.0199. The SMILES string of the molecule is COc1cccc2c1CC(O)C(c1cc(C)cc(O)c1)O2. The van der Waals surface area contributed by atoms with E-state index in [0.29, 0.717) is 12.2 Å². The summed E-state index contributed by atoms with van der Waals surface area (Å²) in [5.41, 5.74) is 2.58. The summed E-state index contributed by atoms with van der Waals surface area (Å²) in [4.78, 5) is 0. The maximum atomic E-state index is 10.4. The van der Waals surface area contributed by atoms with Crippen molar-refractivity contribution in [1.29, 1.82) is 0 Å². The fourth-order valence-corrected chi connectivity index (χ4v) is 2.83. The first kappa shape index (κ1) is 13.8. The Labute approximate surface area is 123 Å². The Kier molecular flexibility index (Phi) is 3.47. The second-order valence-electron chi connectivity index (χ2n) is 5.35. The van der Waals surface area contributed by atoms with Gasteiger partial charge in [-0.25, -0.2) is 0 Å². The van der Waals surface area contributed by atoms with Gasteiger partial charge in [0.1, 0.15) is 23.4 Å². The first-order chi connectivity index (χ1) is 10.1. The number of benzene rings is 2. The molecule has 0 aromatic heterocycles. The van der Waals surface area contributed by atoms with E-state index in [9.17, 15) is 10.2 Å². The van der Waals surface area contributed by atoms with Crippen molar-refractivity contribution < 1.29 is 19.7 Å². The predicted octanol–water partition coefficient (Wildman–Crippen LogP) is 2.75. The van der Waals surface area contributed by atoms with Crippen LogP contribution in [0.5, 0.6) is 17.2 Å². The summed E-state index contributed by atoms with van der Waals surface area (Å²) in [7, 11) is 1.60. The lowest BCUT2D eigenvalue weighted by Crippen LogP contribution is -2.30. The van der Waals surface area contributed by atoms with E-state index in [4.69, 9.17) is 9.47 Å². The highest BCUT2D eigenvalue weighted by molar-refractivity contribution is 5.48. The molecule has 4 heteroatoms. The first-order valence-corrected chi connectivity index (χ1v) is 6.89. The van der Waals surface area contributed by atoms with E-state index in [1.807, 2.05) is 31.2 Å². The van der Waals surface area contributed by atoms with Crippen LogP contribution in [0.4, 0.5) is 0 Å². The minimum absolute atomic E-state index is 0.178. The van der Waals surface area contributed by atoms with E-state index in [1.54, 1.807) is 19.2 Å². The minimum Gasteiger partial charge on any atom is -0.508 e. The van der Waals surface area contributed by atoms with E-state index in [1.165, 1.54) is 0 Å². The van der Waals surface area contributed by atoms with Crippen molar-refractivity contribution >= 4 is 0 Å². The van der Waals surface area contributed by atoms with Gasteiger partial charge >= 0.3 is 0 Å². The molecule has 3 rings (SSSR count). The van der Waals surface area contributed by atoms with Crippen molar-refractivity contribution in [3.63, 3.8) is 0 Å². The molecule has 0 radical (unpaired) electrons. The Bertz CT molecular complexity index is 646. The highest BCUT2D eigenvalue weighted by atomic mass is 16.5. The van der Waals surface area contributed by atoms with Crippen molar-refractivity contribution in [3.05, 3.63) is 53.1 Å². The number of hydrogen-bond acceptors (Lipinski definition) is 4. The second-order valence-corrected chi connectivity index (χ2v) is 5.35. The van der Waals surface area contributed by atoms with Crippen LogP contribution in [0.1, 0.15) is 22.8 Å². The quantitative estimate of drug-likeness (QED) is 0.891. The number of fused-ring (bicyclic) bond motifs is 1. The number of phenolic OH excluding ortho intramolecular Hbond substituents is 1. The van der Waals surface area contributed by atoms with Crippen molar-refractivity contribution in [3.8, 4) is 17.2 Å². The Morgan fingerprint density at radius 2 is 2.05 bits per heavy atom. The number of aliphatic hydroxyl groups is 1. The molecule has 0 saturated heterocycles. The smallest absolute Gasteiger partial charge is 0.150 e.